The van der Waals surface area contributed by atoms with E-state index in [0.29, 0.717) is 34.0 Å². The smallest absolute Gasteiger partial charge is 0.341 e. The quantitative estimate of drug-likeness (QED) is 0.793. The fraction of sp³-hybridized carbons (Fsp3) is 0.333. The summed E-state index contributed by atoms with van der Waals surface area (Å²) in [6.45, 7) is 3.88. The fourth-order valence-electron chi connectivity index (χ4n) is 2.56. The minimum atomic E-state index is -0.455. The van der Waals surface area contributed by atoms with E-state index in [0.717, 1.165) is 10.4 Å². The molecule has 134 valence electrons. The van der Waals surface area contributed by atoms with Gasteiger partial charge in [-0.3, -0.25) is 4.79 Å². The van der Waals surface area contributed by atoms with Crippen molar-refractivity contribution in [3.63, 3.8) is 0 Å². The molecule has 0 saturated carbocycles. The van der Waals surface area contributed by atoms with Gasteiger partial charge in [-0.1, -0.05) is 6.92 Å². The van der Waals surface area contributed by atoms with Crippen molar-refractivity contribution in [1.29, 1.82) is 0 Å². The van der Waals surface area contributed by atoms with Crippen molar-refractivity contribution in [2.24, 2.45) is 0 Å². The van der Waals surface area contributed by atoms with Crippen LogP contribution in [-0.4, -0.2) is 33.2 Å². The number of esters is 1. The van der Waals surface area contributed by atoms with Gasteiger partial charge < -0.3 is 19.5 Å². The maximum absolute atomic E-state index is 12.6. The van der Waals surface area contributed by atoms with Gasteiger partial charge in [0.15, 0.2) is 11.5 Å². The van der Waals surface area contributed by atoms with Crippen LogP contribution in [0.2, 0.25) is 0 Å². The molecule has 1 N–H and O–H groups in total. The third-order valence-corrected chi connectivity index (χ3v) is 4.89. The summed E-state index contributed by atoms with van der Waals surface area (Å²) in [7, 11) is 4.36. The van der Waals surface area contributed by atoms with Crippen molar-refractivity contribution < 1.29 is 23.8 Å². The van der Waals surface area contributed by atoms with Crippen molar-refractivity contribution in [2.75, 3.05) is 26.6 Å². The van der Waals surface area contributed by atoms with E-state index in [1.165, 1.54) is 32.7 Å². The summed E-state index contributed by atoms with van der Waals surface area (Å²) < 4.78 is 15.3. The first-order valence-corrected chi connectivity index (χ1v) is 8.52. The highest BCUT2D eigenvalue weighted by atomic mass is 32.1. The second-order valence-corrected chi connectivity index (χ2v) is 6.43. The number of hydrogen-bond donors (Lipinski definition) is 1. The first-order valence-electron chi connectivity index (χ1n) is 7.70. The molecule has 2 rings (SSSR count). The van der Waals surface area contributed by atoms with Crippen LogP contribution in [0.25, 0.3) is 0 Å². The third-order valence-electron chi connectivity index (χ3n) is 3.82. The number of carbonyl (C=O) groups is 2. The van der Waals surface area contributed by atoms with Crippen molar-refractivity contribution in [2.45, 2.75) is 20.3 Å². The van der Waals surface area contributed by atoms with Crippen LogP contribution >= 0.6 is 11.3 Å². The Morgan fingerprint density at radius 2 is 1.80 bits per heavy atom. The topological polar surface area (TPSA) is 73.9 Å². The Morgan fingerprint density at radius 1 is 1.12 bits per heavy atom. The summed E-state index contributed by atoms with van der Waals surface area (Å²) in [4.78, 5) is 25.7. The predicted octanol–water partition coefficient (Wildman–Crippen LogP) is 3.68. The number of carbonyl (C=O) groups excluding carboxylic acids is 2. The maximum Gasteiger partial charge on any atom is 0.341 e. The normalized spacial score (nSPS) is 10.3. The second-order valence-electron chi connectivity index (χ2n) is 5.21. The molecule has 1 amide bonds. The number of benzene rings is 1. The third kappa shape index (κ3) is 3.76. The molecule has 1 aromatic carbocycles. The lowest BCUT2D eigenvalue weighted by Crippen LogP contribution is -2.14. The molecule has 1 aromatic heterocycles. The number of thiophene rings is 1. The number of ether oxygens (including phenoxy) is 3. The minimum Gasteiger partial charge on any atom is -0.493 e. The molecule has 25 heavy (non-hydrogen) atoms. The number of anilines is 1. The Hall–Kier alpha value is -2.54. The lowest BCUT2D eigenvalue weighted by molar-refractivity contribution is 0.0601. The maximum atomic E-state index is 12.6. The standard InChI is InChI=1S/C18H21NO5S/c1-6-12-10(2)25-17(15(12)18(21)24-5)19-16(20)11-7-8-13(22-3)14(9-11)23-4/h7-9H,6H2,1-5H3,(H,19,20). The lowest BCUT2D eigenvalue weighted by Gasteiger charge is -2.10. The summed E-state index contributed by atoms with van der Waals surface area (Å²) in [5, 5.41) is 3.30. The van der Waals surface area contributed by atoms with Gasteiger partial charge in [0.05, 0.1) is 26.9 Å². The molecule has 0 bridgehead atoms. The first-order chi connectivity index (χ1) is 12.0. The highest BCUT2D eigenvalue weighted by Crippen LogP contribution is 2.35. The highest BCUT2D eigenvalue weighted by Gasteiger charge is 2.23. The molecular weight excluding hydrogens is 342 g/mol. The number of aryl methyl sites for hydroxylation is 1. The van der Waals surface area contributed by atoms with Gasteiger partial charge in [0, 0.05) is 10.4 Å². The molecule has 7 heteroatoms. The van der Waals surface area contributed by atoms with E-state index in [-0.39, 0.29) is 5.91 Å². The molecule has 0 fully saturated rings. The van der Waals surface area contributed by atoms with E-state index in [1.54, 1.807) is 18.2 Å². The van der Waals surface area contributed by atoms with Gasteiger partial charge in [0.25, 0.3) is 5.91 Å². The molecule has 1 heterocycles. The molecular formula is C18H21NO5S. The summed E-state index contributed by atoms with van der Waals surface area (Å²) in [5.74, 6) is 0.202. The van der Waals surface area contributed by atoms with Gasteiger partial charge in [-0.2, -0.15) is 0 Å². The number of hydrogen-bond acceptors (Lipinski definition) is 6. The SMILES string of the molecule is CCc1c(C)sc(NC(=O)c2ccc(OC)c(OC)c2)c1C(=O)OC. The van der Waals surface area contributed by atoms with Gasteiger partial charge in [-0.15, -0.1) is 11.3 Å². The van der Waals surface area contributed by atoms with Crippen molar-refractivity contribution in [3.8, 4) is 11.5 Å². The van der Waals surface area contributed by atoms with E-state index in [1.807, 2.05) is 13.8 Å². The van der Waals surface area contributed by atoms with E-state index < -0.39 is 5.97 Å². The van der Waals surface area contributed by atoms with Gasteiger partial charge >= 0.3 is 5.97 Å². The monoisotopic (exact) mass is 363 g/mol. The number of nitrogens with one attached hydrogen (secondary N) is 1. The average molecular weight is 363 g/mol. The largest absolute Gasteiger partial charge is 0.493 e. The van der Waals surface area contributed by atoms with Gasteiger partial charge in [-0.05, 0) is 37.1 Å². The van der Waals surface area contributed by atoms with Crippen LogP contribution < -0.4 is 14.8 Å². The Kier molecular flexibility index (Phi) is 6.03. The molecule has 6 nitrogen and oxygen atoms in total. The Bertz CT molecular complexity index is 797. The number of rotatable bonds is 6. The van der Waals surface area contributed by atoms with E-state index >= 15 is 0 Å². The molecule has 0 atom stereocenters. The van der Waals surface area contributed by atoms with Gasteiger partial charge in [-0.25, -0.2) is 4.79 Å². The number of amides is 1. The van der Waals surface area contributed by atoms with Crippen molar-refractivity contribution in [3.05, 3.63) is 39.8 Å². The zero-order chi connectivity index (χ0) is 18.6. The van der Waals surface area contributed by atoms with Crippen LogP contribution in [0, 0.1) is 6.92 Å². The summed E-state index contributed by atoms with van der Waals surface area (Å²) in [5.41, 5.74) is 1.71. The van der Waals surface area contributed by atoms with Crippen molar-refractivity contribution in [1.82, 2.24) is 0 Å². The van der Waals surface area contributed by atoms with Crippen LogP contribution in [0.1, 0.15) is 38.1 Å². The van der Waals surface area contributed by atoms with Crippen LogP contribution in [0.3, 0.4) is 0 Å². The molecule has 0 aliphatic carbocycles. The molecule has 0 aliphatic rings. The summed E-state index contributed by atoms with van der Waals surface area (Å²) in [6, 6.07) is 4.88. The lowest BCUT2D eigenvalue weighted by atomic mass is 10.1. The first kappa shape index (κ1) is 18.8. The van der Waals surface area contributed by atoms with Crippen LogP contribution in [0.4, 0.5) is 5.00 Å². The molecule has 0 aliphatic heterocycles. The van der Waals surface area contributed by atoms with Crippen LogP contribution in [0.15, 0.2) is 18.2 Å². The highest BCUT2D eigenvalue weighted by molar-refractivity contribution is 7.16. The van der Waals surface area contributed by atoms with E-state index in [2.05, 4.69) is 5.32 Å². The number of methoxy groups -OCH3 is 3. The van der Waals surface area contributed by atoms with Gasteiger partial charge in [0.2, 0.25) is 0 Å². The van der Waals surface area contributed by atoms with Crippen LogP contribution in [0.5, 0.6) is 11.5 Å². The summed E-state index contributed by atoms with van der Waals surface area (Å²) >= 11 is 1.36. The second kappa shape index (κ2) is 8.02. The summed E-state index contributed by atoms with van der Waals surface area (Å²) in [6.07, 6.45) is 0.680. The molecule has 0 radical (unpaired) electrons. The zero-order valence-electron chi connectivity index (χ0n) is 14.9. The Morgan fingerprint density at radius 3 is 2.36 bits per heavy atom. The average Bonchev–Trinajstić information content (AvgIpc) is 2.95. The Balaban J connectivity index is 2.37. The molecule has 2 aromatic rings. The minimum absolute atomic E-state index is 0.338. The fourth-order valence-corrected chi connectivity index (χ4v) is 3.69. The zero-order valence-corrected chi connectivity index (χ0v) is 15.7. The predicted molar refractivity (Wildman–Crippen MR) is 97.3 cm³/mol. The van der Waals surface area contributed by atoms with Gasteiger partial charge in [0.1, 0.15) is 5.00 Å². The van der Waals surface area contributed by atoms with E-state index in [9.17, 15) is 9.59 Å². The Labute approximate surface area is 150 Å². The van der Waals surface area contributed by atoms with E-state index in [4.69, 9.17) is 14.2 Å². The molecule has 0 spiro atoms. The van der Waals surface area contributed by atoms with Crippen LogP contribution in [-0.2, 0) is 11.2 Å². The van der Waals surface area contributed by atoms with Crippen molar-refractivity contribution >= 4 is 28.2 Å². The molecule has 0 unspecified atom stereocenters. The molecule has 0 saturated heterocycles.